The Morgan fingerprint density at radius 3 is 2.79 bits per heavy atom. The lowest BCUT2D eigenvalue weighted by Crippen LogP contribution is -2.05. The Kier molecular flexibility index (Phi) is 3.10. The van der Waals surface area contributed by atoms with Crippen molar-refractivity contribution < 1.29 is 14.6 Å². The van der Waals surface area contributed by atoms with Gasteiger partial charge in [-0.1, -0.05) is 0 Å². The molecule has 0 aliphatic rings. The zero-order chi connectivity index (χ0) is 10.7. The maximum absolute atomic E-state index is 11.3. The Labute approximate surface area is 88.9 Å². The first-order valence-electron chi connectivity index (χ1n) is 3.61. The summed E-state index contributed by atoms with van der Waals surface area (Å²) in [7, 11) is 1.21. The molecule has 5 heteroatoms. The molecule has 0 saturated carbocycles. The van der Waals surface area contributed by atoms with Gasteiger partial charge in [0.15, 0.2) is 0 Å². The van der Waals surface area contributed by atoms with Crippen LogP contribution in [0.15, 0.2) is 16.6 Å². The minimum atomic E-state index is -0.663. The molecule has 0 unspecified atom stereocenters. The minimum absolute atomic E-state index is 0.0370. The van der Waals surface area contributed by atoms with Crippen molar-refractivity contribution in [2.24, 2.45) is 0 Å². The average Bonchev–Trinajstić information content (AvgIpc) is 2.19. The number of hydrogen-bond acceptors (Lipinski definition) is 4. The van der Waals surface area contributed by atoms with Crippen LogP contribution in [0.25, 0.3) is 0 Å². The van der Waals surface area contributed by atoms with E-state index in [-0.39, 0.29) is 16.9 Å². The highest BCUT2D eigenvalue weighted by Crippen LogP contribution is 2.27. The standard InChI is InChI=1S/C9H6BrNO3/c1-14-9(13)8-5(4-11)7(12)3-2-6(8)10/h2-3,12H,1H3. The van der Waals surface area contributed by atoms with Gasteiger partial charge in [-0.15, -0.1) is 0 Å². The van der Waals surface area contributed by atoms with Gasteiger partial charge in [0.05, 0.1) is 12.7 Å². The summed E-state index contributed by atoms with van der Waals surface area (Å²) < 4.78 is 4.90. The van der Waals surface area contributed by atoms with Crippen molar-refractivity contribution in [3.05, 3.63) is 27.7 Å². The number of halogens is 1. The van der Waals surface area contributed by atoms with Gasteiger partial charge in [-0.2, -0.15) is 5.26 Å². The minimum Gasteiger partial charge on any atom is -0.507 e. The fourth-order valence-corrected chi connectivity index (χ4v) is 1.47. The number of carbonyl (C=O) groups excluding carboxylic acids is 1. The fourth-order valence-electron chi connectivity index (χ4n) is 0.981. The molecule has 72 valence electrons. The number of benzene rings is 1. The summed E-state index contributed by atoms with van der Waals surface area (Å²) in [6.45, 7) is 0. The molecule has 4 nitrogen and oxygen atoms in total. The van der Waals surface area contributed by atoms with E-state index < -0.39 is 5.97 Å². The van der Waals surface area contributed by atoms with Crippen molar-refractivity contribution in [2.45, 2.75) is 0 Å². The van der Waals surface area contributed by atoms with Gasteiger partial charge in [0, 0.05) is 4.47 Å². The van der Waals surface area contributed by atoms with Crippen molar-refractivity contribution in [3.8, 4) is 11.8 Å². The van der Waals surface area contributed by atoms with Crippen molar-refractivity contribution in [1.82, 2.24) is 0 Å². The van der Waals surface area contributed by atoms with E-state index in [9.17, 15) is 9.90 Å². The second kappa shape index (κ2) is 4.11. The second-order valence-corrected chi connectivity index (χ2v) is 3.27. The van der Waals surface area contributed by atoms with Gasteiger partial charge in [-0.3, -0.25) is 0 Å². The van der Waals surface area contributed by atoms with Crippen LogP contribution in [0.2, 0.25) is 0 Å². The lowest BCUT2D eigenvalue weighted by Gasteiger charge is -2.05. The lowest BCUT2D eigenvalue weighted by atomic mass is 10.1. The van der Waals surface area contributed by atoms with Gasteiger partial charge >= 0.3 is 5.97 Å². The number of esters is 1. The highest BCUT2D eigenvalue weighted by Gasteiger charge is 2.18. The van der Waals surface area contributed by atoms with Gasteiger partial charge in [0.2, 0.25) is 0 Å². The van der Waals surface area contributed by atoms with E-state index in [1.165, 1.54) is 19.2 Å². The highest BCUT2D eigenvalue weighted by molar-refractivity contribution is 9.10. The van der Waals surface area contributed by atoms with Crippen molar-refractivity contribution in [2.75, 3.05) is 7.11 Å². The molecule has 0 radical (unpaired) electrons. The molecule has 0 atom stereocenters. The zero-order valence-electron chi connectivity index (χ0n) is 7.24. The van der Waals surface area contributed by atoms with E-state index in [1.54, 1.807) is 6.07 Å². The summed E-state index contributed by atoms with van der Waals surface area (Å²) in [6.07, 6.45) is 0. The number of nitrogens with zero attached hydrogens (tertiary/aromatic N) is 1. The zero-order valence-corrected chi connectivity index (χ0v) is 8.83. The molecule has 0 aliphatic carbocycles. The molecule has 1 rings (SSSR count). The summed E-state index contributed by atoms with van der Waals surface area (Å²) in [4.78, 5) is 11.3. The third-order valence-electron chi connectivity index (χ3n) is 1.63. The van der Waals surface area contributed by atoms with E-state index in [4.69, 9.17) is 5.26 Å². The number of hydrogen-bond donors (Lipinski definition) is 1. The number of methoxy groups -OCH3 is 1. The predicted molar refractivity (Wildman–Crippen MR) is 51.9 cm³/mol. The van der Waals surface area contributed by atoms with Crippen LogP contribution in [0.1, 0.15) is 15.9 Å². The van der Waals surface area contributed by atoms with Crippen LogP contribution in [0.5, 0.6) is 5.75 Å². The molecule has 0 aromatic heterocycles. The predicted octanol–water partition coefficient (Wildman–Crippen LogP) is 1.81. The number of phenols is 1. The van der Waals surface area contributed by atoms with Crippen molar-refractivity contribution >= 4 is 21.9 Å². The molecular formula is C9H6BrNO3. The molecule has 0 heterocycles. The third-order valence-corrected chi connectivity index (χ3v) is 2.29. The van der Waals surface area contributed by atoms with Crippen LogP contribution in [-0.4, -0.2) is 18.2 Å². The first-order chi connectivity index (χ1) is 6.61. The summed E-state index contributed by atoms with van der Waals surface area (Å²) in [6, 6.07) is 4.54. The monoisotopic (exact) mass is 255 g/mol. The van der Waals surface area contributed by atoms with Gasteiger partial charge in [0.25, 0.3) is 0 Å². The van der Waals surface area contributed by atoms with Gasteiger partial charge in [-0.05, 0) is 28.1 Å². The van der Waals surface area contributed by atoms with Crippen molar-refractivity contribution in [3.63, 3.8) is 0 Å². The van der Waals surface area contributed by atoms with Gasteiger partial charge < -0.3 is 9.84 Å². The normalized spacial score (nSPS) is 9.21. The van der Waals surface area contributed by atoms with Gasteiger partial charge in [-0.25, -0.2) is 4.79 Å². The van der Waals surface area contributed by atoms with Crippen LogP contribution in [0.4, 0.5) is 0 Å². The number of carbonyl (C=O) groups is 1. The number of aromatic hydroxyl groups is 1. The van der Waals surface area contributed by atoms with E-state index in [1.807, 2.05) is 0 Å². The van der Waals surface area contributed by atoms with Crippen molar-refractivity contribution in [1.29, 1.82) is 5.26 Å². The van der Waals surface area contributed by atoms with E-state index >= 15 is 0 Å². The van der Waals surface area contributed by atoms with E-state index in [2.05, 4.69) is 20.7 Å². The SMILES string of the molecule is COC(=O)c1c(Br)ccc(O)c1C#N. The van der Waals surface area contributed by atoms with Crippen LogP contribution in [-0.2, 0) is 4.74 Å². The molecule has 0 aliphatic heterocycles. The number of nitriles is 1. The van der Waals surface area contributed by atoms with Crippen LogP contribution < -0.4 is 0 Å². The van der Waals surface area contributed by atoms with E-state index in [0.29, 0.717) is 4.47 Å². The molecule has 0 saturated heterocycles. The molecular weight excluding hydrogens is 250 g/mol. The quantitative estimate of drug-likeness (QED) is 0.778. The summed E-state index contributed by atoms with van der Waals surface area (Å²) >= 11 is 3.10. The number of rotatable bonds is 1. The first-order valence-corrected chi connectivity index (χ1v) is 4.41. The molecule has 1 N–H and O–H groups in total. The maximum atomic E-state index is 11.3. The van der Waals surface area contributed by atoms with Crippen LogP contribution in [0, 0.1) is 11.3 Å². The smallest absolute Gasteiger partial charge is 0.340 e. The Hall–Kier alpha value is -1.54. The molecule has 14 heavy (non-hydrogen) atoms. The number of phenolic OH excluding ortho intramolecular Hbond substituents is 1. The second-order valence-electron chi connectivity index (χ2n) is 2.42. The Morgan fingerprint density at radius 1 is 1.64 bits per heavy atom. The molecule has 0 fully saturated rings. The largest absolute Gasteiger partial charge is 0.507 e. The Bertz CT molecular complexity index is 423. The third kappa shape index (κ3) is 1.70. The Balaban J connectivity index is 3.47. The summed E-state index contributed by atoms with van der Waals surface area (Å²) in [5, 5.41) is 18.0. The molecule has 1 aromatic carbocycles. The lowest BCUT2D eigenvalue weighted by molar-refractivity contribution is 0.0599. The summed E-state index contributed by atoms with van der Waals surface area (Å²) in [5.74, 6) is -0.902. The molecule has 0 amide bonds. The van der Waals surface area contributed by atoms with Gasteiger partial charge in [0.1, 0.15) is 17.4 Å². The number of ether oxygens (including phenoxy) is 1. The average molecular weight is 256 g/mol. The molecule has 0 spiro atoms. The first kappa shape index (κ1) is 10.5. The molecule has 0 bridgehead atoms. The summed E-state index contributed by atoms with van der Waals surface area (Å²) in [5.41, 5.74) is -0.0544. The van der Waals surface area contributed by atoms with E-state index in [0.717, 1.165) is 0 Å². The molecule has 1 aromatic rings. The highest BCUT2D eigenvalue weighted by atomic mass is 79.9. The maximum Gasteiger partial charge on any atom is 0.340 e. The Morgan fingerprint density at radius 2 is 2.29 bits per heavy atom. The van der Waals surface area contributed by atoms with Crippen LogP contribution >= 0.6 is 15.9 Å². The topological polar surface area (TPSA) is 70.3 Å². The fraction of sp³-hybridized carbons (Fsp3) is 0.111. The van der Waals surface area contributed by atoms with Crippen LogP contribution in [0.3, 0.4) is 0 Å².